The van der Waals surface area contributed by atoms with Gasteiger partial charge in [0.1, 0.15) is 11.0 Å². The number of rotatable bonds is 5. The number of carbonyl (C=O) groups is 1. The molecule has 0 bridgehead atoms. The molecule has 0 aliphatic rings. The van der Waals surface area contributed by atoms with Crippen molar-refractivity contribution in [1.29, 1.82) is 0 Å². The Labute approximate surface area is 192 Å². The molecule has 0 spiro atoms. The Kier molecular flexibility index (Phi) is 5.82. The number of aromatic carboxylic acids is 1. The van der Waals surface area contributed by atoms with E-state index >= 15 is 0 Å². The fraction of sp³-hybridized carbons (Fsp3) is 0.174. The molecule has 1 aromatic carbocycles. The molecule has 33 heavy (non-hydrogen) atoms. The number of aryl methyl sites for hydroxylation is 1. The predicted octanol–water partition coefficient (Wildman–Crippen LogP) is 4.36. The highest BCUT2D eigenvalue weighted by molar-refractivity contribution is 6.29. The van der Waals surface area contributed by atoms with Crippen molar-refractivity contribution in [2.45, 2.75) is 19.9 Å². The zero-order valence-electron chi connectivity index (χ0n) is 17.9. The molecular weight excluding hydrogens is 449 g/mol. The molecule has 0 unspecified atom stereocenters. The summed E-state index contributed by atoms with van der Waals surface area (Å²) in [5, 5.41) is 13.1. The minimum absolute atomic E-state index is 0.0642. The Balaban J connectivity index is 1.88. The first-order valence-corrected chi connectivity index (χ1v) is 10.3. The van der Waals surface area contributed by atoms with Gasteiger partial charge < -0.3 is 10.4 Å². The van der Waals surface area contributed by atoms with Gasteiger partial charge in [-0.2, -0.15) is 4.39 Å². The highest BCUT2D eigenvalue weighted by Crippen LogP contribution is 2.29. The van der Waals surface area contributed by atoms with Crippen LogP contribution in [-0.4, -0.2) is 30.6 Å². The molecular formula is C23H19ClFN5O3. The molecule has 4 aromatic rings. The van der Waals surface area contributed by atoms with Crippen molar-refractivity contribution in [3.8, 4) is 11.4 Å². The number of carboxylic acids is 1. The lowest BCUT2D eigenvalue weighted by atomic mass is 10.0. The molecule has 0 aliphatic heterocycles. The molecule has 4 rings (SSSR count). The third-order valence-corrected chi connectivity index (χ3v) is 5.45. The highest BCUT2D eigenvalue weighted by atomic mass is 35.5. The molecule has 0 fully saturated rings. The van der Waals surface area contributed by atoms with Crippen molar-refractivity contribution in [1.82, 2.24) is 19.5 Å². The lowest BCUT2D eigenvalue weighted by Crippen LogP contribution is -2.22. The topological polar surface area (TPSA) is 110 Å². The SMILES string of the molecule is Cc1cc([C@@H](C)Nc2ccc(Cl)nc2C(=O)O)c2nc(-c3ccc(F)nc3)n(C)c(=O)c2c1. The summed E-state index contributed by atoms with van der Waals surface area (Å²) in [5.74, 6) is -1.53. The standard InChI is InChI=1S/C23H19ClFN5O3/c1-11-8-14(12(2)27-16-5-6-17(24)28-20(16)23(32)33)19-15(9-11)22(31)30(3)21(29-19)13-4-7-18(25)26-10-13/h4-10,12,27H,1-3H3,(H,32,33)/t12-/m1/s1. The first-order chi connectivity index (χ1) is 15.7. The Morgan fingerprint density at radius 3 is 2.64 bits per heavy atom. The van der Waals surface area contributed by atoms with Crippen LogP contribution in [0.4, 0.5) is 10.1 Å². The Morgan fingerprint density at radius 1 is 1.21 bits per heavy atom. The molecule has 0 saturated carbocycles. The molecule has 0 saturated heterocycles. The second kappa shape index (κ2) is 8.59. The third kappa shape index (κ3) is 4.27. The number of fused-ring (bicyclic) bond motifs is 1. The van der Waals surface area contributed by atoms with Crippen LogP contribution in [0.5, 0.6) is 0 Å². The maximum Gasteiger partial charge on any atom is 0.356 e. The van der Waals surface area contributed by atoms with Crippen molar-refractivity contribution < 1.29 is 14.3 Å². The van der Waals surface area contributed by atoms with E-state index in [4.69, 9.17) is 16.6 Å². The van der Waals surface area contributed by atoms with E-state index in [2.05, 4.69) is 15.3 Å². The summed E-state index contributed by atoms with van der Waals surface area (Å²) in [6.45, 7) is 3.69. The summed E-state index contributed by atoms with van der Waals surface area (Å²) < 4.78 is 14.7. The van der Waals surface area contributed by atoms with E-state index in [1.165, 1.54) is 35.0 Å². The van der Waals surface area contributed by atoms with E-state index in [1.54, 1.807) is 13.1 Å². The predicted molar refractivity (Wildman–Crippen MR) is 123 cm³/mol. The normalized spacial score (nSPS) is 12.0. The number of nitrogens with zero attached hydrogens (tertiary/aromatic N) is 4. The fourth-order valence-corrected chi connectivity index (χ4v) is 3.82. The first-order valence-electron chi connectivity index (χ1n) is 9.95. The van der Waals surface area contributed by atoms with E-state index in [9.17, 15) is 19.1 Å². The number of aromatic nitrogens is 4. The summed E-state index contributed by atoms with van der Waals surface area (Å²) >= 11 is 5.85. The number of carboxylic acid groups (broad SMARTS) is 1. The van der Waals surface area contributed by atoms with Crippen LogP contribution in [0.3, 0.4) is 0 Å². The minimum Gasteiger partial charge on any atom is -0.476 e. The Morgan fingerprint density at radius 2 is 1.97 bits per heavy atom. The van der Waals surface area contributed by atoms with Crippen LogP contribution in [0.15, 0.2) is 47.4 Å². The number of hydrogen-bond acceptors (Lipinski definition) is 6. The van der Waals surface area contributed by atoms with Gasteiger partial charge in [0.15, 0.2) is 5.69 Å². The van der Waals surface area contributed by atoms with E-state index in [-0.39, 0.29) is 22.1 Å². The zero-order valence-corrected chi connectivity index (χ0v) is 18.7. The first kappa shape index (κ1) is 22.3. The highest BCUT2D eigenvalue weighted by Gasteiger charge is 2.20. The maximum atomic E-state index is 13.3. The molecule has 0 amide bonds. The van der Waals surface area contributed by atoms with Gasteiger partial charge >= 0.3 is 5.97 Å². The van der Waals surface area contributed by atoms with Gasteiger partial charge in [-0.15, -0.1) is 0 Å². The van der Waals surface area contributed by atoms with Crippen LogP contribution in [0.25, 0.3) is 22.3 Å². The smallest absolute Gasteiger partial charge is 0.356 e. The van der Waals surface area contributed by atoms with Crippen molar-refractivity contribution in [2.24, 2.45) is 7.05 Å². The number of hydrogen-bond donors (Lipinski definition) is 2. The van der Waals surface area contributed by atoms with Crippen molar-refractivity contribution in [3.05, 3.63) is 80.9 Å². The molecule has 0 radical (unpaired) electrons. The molecule has 0 aliphatic carbocycles. The van der Waals surface area contributed by atoms with E-state index in [1.807, 2.05) is 19.9 Å². The Bertz CT molecular complexity index is 1450. The van der Waals surface area contributed by atoms with Gasteiger partial charge in [-0.3, -0.25) is 9.36 Å². The lowest BCUT2D eigenvalue weighted by molar-refractivity contribution is 0.0691. The molecule has 3 heterocycles. The van der Waals surface area contributed by atoms with Gasteiger partial charge in [-0.1, -0.05) is 17.7 Å². The number of halogens is 2. The quantitative estimate of drug-likeness (QED) is 0.419. The molecule has 8 nitrogen and oxygen atoms in total. The van der Waals surface area contributed by atoms with E-state index in [0.29, 0.717) is 27.9 Å². The lowest BCUT2D eigenvalue weighted by Gasteiger charge is -2.20. The van der Waals surface area contributed by atoms with Gasteiger partial charge in [0.25, 0.3) is 5.56 Å². The number of anilines is 1. The van der Waals surface area contributed by atoms with Crippen LogP contribution < -0.4 is 10.9 Å². The van der Waals surface area contributed by atoms with Crippen molar-refractivity contribution >= 4 is 34.2 Å². The summed E-state index contributed by atoms with van der Waals surface area (Å²) in [6, 6.07) is 8.92. The van der Waals surface area contributed by atoms with Gasteiger partial charge in [0.05, 0.1) is 22.6 Å². The van der Waals surface area contributed by atoms with Crippen molar-refractivity contribution in [2.75, 3.05) is 5.32 Å². The van der Waals surface area contributed by atoms with Crippen LogP contribution in [0, 0.1) is 12.9 Å². The van der Waals surface area contributed by atoms with Gasteiger partial charge in [0.2, 0.25) is 5.95 Å². The fourth-order valence-electron chi connectivity index (χ4n) is 3.67. The van der Waals surface area contributed by atoms with Gasteiger partial charge in [0, 0.05) is 24.4 Å². The molecule has 10 heteroatoms. The average Bonchev–Trinajstić information content (AvgIpc) is 2.77. The third-order valence-electron chi connectivity index (χ3n) is 5.24. The van der Waals surface area contributed by atoms with Crippen molar-refractivity contribution in [3.63, 3.8) is 0 Å². The second-order valence-corrected chi connectivity index (χ2v) is 8.01. The monoisotopic (exact) mass is 467 g/mol. The maximum absolute atomic E-state index is 13.3. The average molecular weight is 468 g/mol. The summed E-state index contributed by atoms with van der Waals surface area (Å²) in [6.07, 6.45) is 1.32. The largest absolute Gasteiger partial charge is 0.476 e. The van der Waals surface area contributed by atoms with Gasteiger partial charge in [-0.05, 0) is 49.7 Å². The second-order valence-electron chi connectivity index (χ2n) is 7.62. The molecule has 168 valence electrons. The summed E-state index contributed by atoms with van der Waals surface area (Å²) in [5.41, 5.74) is 2.26. The van der Waals surface area contributed by atoms with Crippen LogP contribution >= 0.6 is 11.6 Å². The molecule has 3 aromatic heterocycles. The Hall–Kier alpha value is -3.85. The van der Waals surface area contributed by atoms with Crippen LogP contribution in [0.1, 0.15) is 34.6 Å². The van der Waals surface area contributed by atoms with E-state index in [0.717, 1.165) is 5.56 Å². The number of benzene rings is 1. The van der Waals surface area contributed by atoms with Gasteiger partial charge in [-0.25, -0.2) is 19.7 Å². The molecule has 2 N–H and O–H groups in total. The molecule has 1 atom stereocenters. The summed E-state index contributed by atoms with van der Waals surface area (Å²) in [4.78, 5) is 37.0. The summed E-state index contributed by atoms with van der Waals surface area (Å²) in [7, 11) is 1.59. The van der Waals surface area contributed by atoms with E-state index < -0.39 is 18.0 Å². The minimum atomic E-state index is -1.22. The zero-order chi connectivity index (χ0) is 23.9. The van der Waals surface area contributed by atoms with Crippen LogP contribution in [-0.2, 0) is 7.05 Å². The number of nitrogens with one attached hydrogen (secondary N) is 1. The van der Waals surface area contributed by atoms with Crippen LogP contribution in [0.2, 0.25) is 5.15 Å². The number of pyridine rings is 2.